The average molecular weight is 315 g/mol. The van der Waals surface area contributed by atoms with Gasteiger partial charge in [-0.05, 0) is 38.8 Å². The molecular formula is C17H21N3OS. The smallest absolute Gasteiger partial charge is 0.240 e. The van der Waals surface area contributed by atoms with Gasteiger partial charge in [0, 0.05) is 17.1 Å². The van der Waals surface area contributed by atoms with Crippen LogP contribution in [0.5, 0.6) is 0 Å². The normalized spacial score (nSPS) is 14.8. The van der Waals surface area contributed by atoms with Crippen LogP contribution < -0.4 is 10.2 Å². The van der Waals surface area contributed by atoms with E-state index in [1.54, 1.807) is 11.3 Å². The number of carbonyl (C=O) groups excluding carboxylic acids is 1. The van der Waals surface area contributed by atoms with E-state index in [2.05, 4.69) is 33.4 Å². The van der Waals surface area contributed by atoms with Crippen molar-refractivity contribution in [1.29, 1.82) is 0 Å². The molecule has 0 saturated heterocycles. The van der Waals surface area contributed by atoms with Gasteiger partial charge in [-0.3, -0.25) is 4.79 Å². The van der Waals surface area contributed by atoms with Gasteiger partial charge < -0.3 is 10.2 Å². The van der Waals surface area contributed by atoms with Gasteiger partial charge in [0.1, 0.15) is 0 Å². The fourth-order valence-corrected chi connectivity index (χ4v) is 3.98. The molecule has 5 heteroatoms. The van der Waals surface area contributed by atoms with Crippen LogP contribution in [-0.4, -0.2) is 24.0 Å². The third-order valence-corrected chi connectivity index (χ3v) is 5.28. The first-order valence-electron chi connectivity index (χ1n) is 7.60. The maximum atomic E-state index is 12.3. The number of anilines is 1. The summed E-state index contributed by atoms with van der Waals surface area (Å²) in [6.07, 6.45) is 1.02. The molecule has 4 nitrogen and oxygen atoms in total. The summed E-state index contributed by atoms with van der Waals surface area (Å²) in [5.41, 5.74) is 3.54. The summed E-state index contributed by atoms with van der Waals surface area (Å²) in [5.74, 6) is 0.0645. The van der Waals surface area contributed by atoms with Crippen molar-refractivity contribution in [3.05, 3.63) is 45.4 Å². The summed E-state index contributed by atoms with van der Waals surface area (Å²) in [6.45, 7) is 7.35. The Morgan fingerprint density at radius 1 is 1.41 bits per heavy atom. The summed E-state index contributed by atoms with van der Waals surface area (Å²) in [5, 5.41) is 4.14. The Bertz CT molecular complexity index is 695. The summed E-state index contributed by atoms with van der Waals surface area (Å²) >= 11 is 1.66. The molecule has 0 bridgehead atoms. The van der Waals surface area contributed by atoms with E-state index in [1.807, 2.05) is 26.8 Å². The molecule has 1 aliphatic heterocycles. The van der Waals surface area contributed by atoms with Crippen molar-refractivity contribution in [1.82, 2.24) is 10.3 Å². The third-order valence-electron chi connectivity index (χ3n) is 4.03. The molecule has 0 fully saturated rings. The Hall–Kier alpha value is -1.88. The van der Waals surface area contributed by atoms with Crippen LogP contribution >= 0.6 is 11.3 Å². The van der Waals surface area contributed by atoms with Crippen LogP contribution in [0.2, 0.25) is 0 Å². The maximum absolute atomic E-state index is 12.3. The molecule has 2 aromatic rings. The quantitative estimate of drug-likeness (QED) is 0.943. The number of carbonyl (C=O) groups is 1. The number of aromatic nitrogens is 1. The van der Waals surface area contributed by atoms with Crippen LogP contribution in [0.25, 0.3) is 0 Å². The number of thiazole rings is 1. The number of fused-ring (bicyclic) bond motifs is 1. The Morgan fingerprint density at radius 2 is 2.18 bits per heavy atom. The largest absolute Gasteiger partial charge is 0.362 e. The Kier molecular flexibility index (Phi) is 4.16. The molecule has 3 rings (SSSR count). The van der Waals surface area contributed by atoms with Crippen LogP contribution in [0.3, 0.4) is 0 Å². The molecular weight excluding hydrogens is 294 g/mol. The van der Waals surface area contributed by atoms with E-state index in [1.165, 1.54) is 11.3 Å². The predicted octanol–water partition coefficient (Wildman–Crippen LogP) is 3.00. The highest BCUT2D eigenvalue weighted by Gasteiger charge is 2.22. The Labute approximate surface area is 135 Å². The molecule has 1 aromatic heterocycles. The first kappa shape index (κ1) is 15.0. The van der Waals surface area contributed by atoms with Crippen LogP contribution in [0.15, 0.2) is 24.3 Å². The first-order chi connectivity index (χ1) is 10.5. The van der Waals surface area contributed by atoms with E-state index < -0.39 is 0 Å². The van der Waals surface area contributed by atoms with Gasteiger partial charge in [-0.15, -0.1) is 11.3 Å². The molecule has 0 spiro atoms. The Morgan fingerprint density at radius 3 is 2.91 bits per heavy atom. The zero-order valence-electron chi connectivity index (χ0n) is 13.2. The molecule has 116 valence electrons. The lowest BCUT2D eigenvalue weighted by Crippen LogP contribution is -2.37. The van der Waals surface area contributed by atoms with Gasteiger partial charge in [-0.1, -0.05) is 18.2 Å². The molecule has 0 aliphatic carbocycles. The molecule has 1 atom stereocenters. The van der Waals surface area contributed by atoms with Gasteiger partial charge in [0.2, 0.25) is 5.91 Å². The minimum absolute atomic E-state index is 0.0107. The van der Waals surface area contributed by atoms with Crippen molar-refractivity contribution in [3.8, 4) is 0 Å². The number of hydrogen-bond donors (Lipinski definition) is 1. The van der Waals surface area contributed by atoms with Gasteiger partial charge in [-0.25, -0.2) is 4.98 Å². The van der Waals surface area contributed by atoms with Crippen molar-refractivity contribution in [3.63, 3.8) is 0 Å². The van der Waals surface area contributed by atoms with Crippen molar-refractivity contribution < 1.29 is 4.79 Å². The fraction of sp³-hybridized carbons (Fsp3) is 0.412. The molecule has 1 aliphatic rings. The number of rotatable bonds is 4. The van der Waals surface area contributed by atoms with E-state index in [0.29, 0.717) is 6.54 Å². The third kappa shape index (κ3) is 2.99. The summed E-state index contributed by atoms with van der Waals surface area (Å²) < 4.78 is 0. The van der Waals surface area contributed by atoms with Gasteiger partial charge in [-0.2, -0.15) is 0 Å². The van der Waals surface area contributed by atoms with Crippen LogP contribution in [0.4, 0.5) is 5.69 Å². The summed E-state index contributed by atoms with van der Waals surface area (Å²) in [6, 6.07) is 8.33. The van der Waals surface area contributed by atoms with Crippen molar-refractivity contribution >= 4 is 22.9 Å². The van der Waals surface area contributed by atoms with E-state index in [0.717, 1.165) is 28.5 Å². The second kappa shape index (κ2) is 6.08. The molecule has 1 aromatic carbocycles. The topological polar surface area (TPSA) is 45.2 Å². The molecule has 1 amide bonds. The molecule has 0 saturated carbocycles. The van der Waals surface area contributed by atoms with Crippen LogP contribution in [-0.2, 0) is 11.2 Å². The second-order valence-electron chi connectivity index (χ2n) is 5.77. The second-order valence-corrected chi connectivity index (χ2v) is 7.01. The number of hydrogen-bond acceptors (Lipinski definition) is 4. The minimum atomic E-state index is 0.0107. The predicted molar refractivity (Wildman–Crippen MR) is 90.5 cm³/mol. The summed E-state index contributed by atoms with van der Waals surface area (Å²) in [7, 11) is 0. The zero-order chi connectivity index (χ0) is 15.7. The van der Waals surface area contributed by atoms with E-state index in [9.17, 15) is 4.79 Å². The maximum Gasteiger partial charge on any atom is 0.240 e. The van der Waals surface area contributed by atoms with Crippen molar-refractivity contribution in [2.75, 3.05) is 18.0 Å². The van der Waals surface area contributed by atoms with E-state index >= 15 is 0 Å². The van der Waals surface area contributed by atoms with E-state index in [4.69, 9.17) is 0 Å². The SMILES string of the molecule is Cc1nc(C)c([C@H](C)NC(=O)CN2CCc3ccccc32)s1. The van der Waals surface area contributed by atoms with Crippen molar-refractivity contribution in [2.24, 2.45) is 0 Å². The molecule has 22 heavy (non-hydrogen) atoms. The average Bonchev–Trinajstić information content (AvgIpc) is 3.02. The number of amides is 1. The monoisotopic (exact) mass is 315 g/mol. The van der Waals surface area contributed by atoms with Crippen molar-refractivity contribution in [2.45, 2.75) is 33.2 Å². The first-order valence-corrected chi connectivity index (χ1v) is 8.42. The highest BCUT2D eigenvalue weighted by Crippen LogP contribution is 2.27. The Balaban J connectivity index is 1.63. The lowest BCUT2D eigenvalue weighted by Gasteiger charge is -2.20. The minimum Gasteiger partial charge on any atom is -0.362 e. The highest BCUT2D eigenvalue weighted by atomic mass is 32.1. The lowest BCUT2D eigenvalue weighted by atomic mass is 10.2. The molecule has 2 heterocycles. The van der Waals surface area contributed by atoms with Crippen LogP contribution in [0.1, 0.15) is 34.1 Å². The zero-order valence-corrected chi connectivity index (χ0v) is 14.0. The van der Waals surface area contributed by atoms with Gasteiger partial charge in [0.05, 0.1) is 23.3 Å². The molecule has 0 unspecified atom stereocenters. The number of nitrogens with zero attached hydrogens (tertiary/aromatic N) is 2. The van der Waals surface area contributed by atoms with Crippen LogP contribution in [0, 0.1) is 13.8 Å². The molecule has 0 radical (unpaired) electrons. The van der Waals surface area contributed by atoms with Gasteiger partial charge in [0.15, 0.2) is 0 Å². The molecule has 1 N–H and O–H groups in total. The van der Waals surface area contributed by atoms with Gasteiger partial charge >= 0.3 is 0 Å². The summed E-state index contributed by atoms with van der Waals surface area (Å²) in [4.78, 5) is 20.1. The van der Waals surface area contributed by atoms with Gasteiger partial charge in [0.25, 0.3) is 0 Å². The lowest BCUT2D eigenvalue weighted by molar-refractivity contribution is -0.120. The highest BCUT2D eigenvalue weighted by molar-refractivity contribution is 7.11. The fourth-order valence-electron chi connectivity index (χ4n) is 3.05. The number of benzene rings is 1. The van der Waals surface area contributed by atoms with E-state index in [-0.39, 0.29) is 11.9 Å². The standard InChI is InChI=1S/C17H21N3OS/c1-11-17(22-13(3)18-11)12(2)19-16(21)10-20-9-8-14-6-4-5-7-15(14)20/h4-7,12H,8-10H2,1-3H3,(H,19,21)/t12-/m0/s1. The number of aryl methyl sites for hydroxylation is 2. The number of nitrogens with one attached hydrogen (secondary N) is 1. The number of para-hydroxylation sites is 1.